The van der Waals surface area contributed by atoms with Crippen LogP contribution in [0.1, 0.15) is 29.7 Å². The largest absolute Gasteiger partial charge is 0.423 e. The van der Waals surface area contributed by atoms with Gasteiger partial charge in [0.1, 0.15) is 5.58 Å². The van der Waals surface area contributed by atoms with Gasteiger partial charge in [0.05, 0.1) is 11.3 Å². The second-order valence-corrected chi connectivity index (χ2v) is 9.45. The van der Waals surface area contributed by atoms with Crippen LogP contribution in [0.2, 0.25) is 5.02 Å². The molecule has 0 unspecified atom stereocenters. The molecule has 0 saturated carbocycles. The zero-order valence-electron chi connectivity index (χ0n) is 17.5. The zero-order chi connectivity index (χ0) is 22.2. The van der Waals surface area contributed by atoms with Gasteiger partial charge in [-0.25, -0.2) is 4.79 Å². The molecule has 5 rings (SSSR count). The Kier molecular flexibility index (Phi) is 5.66. The van der Waals surface area contributed by atoms with Gasteiger partial charge in [0, 0.05) is 44.2 Å². The van der Waals surface area contributed by atoms with Crippen molar-refractivity contribution < 1.29 is 9.21 Å². The molecule has 0 saturated heterocycles. The van der Waals surface area contributed by atoms with E-state index in [9.17, 15) is 9.59 Å². The molecule has 2 aromatic carbocycles. The molecule has 162 valence electrons. The molecule has 1 amide bonds. The van der Waals surface area contributed by atoms with Crippen LogP contribution in [-0.2, 0) is 17.6 Å². The van der Waals surface area contributed by atoms with Crippen LogP contribution in [0.5, 0.6) is 0 Å². The first-order valence-electron chi connectivity index (χ1n) is 10.6. The van der Waals surface area contributed by atoms with Crippen molar-refractivity contribution in [2.24, 2.45) is 0 Å². The predicted octanol–water partition coefficient (Wildman–Crippen LogP) is 5.91. The number of hydrogen-bond acceptors (Lipinski definition) is 5. The summed E-state index contributed by atoms with van der Waals surface area (Å²) in [5.41, 5.74) is 4.76. The lowest BCUT2D eigenvalue weighted by Crippen LogP contribution is -2.15. The van der Waals surface area contributed by atoms with Crippen molar-refractivity contribution in [1.29, 1.82) is 0 Å². The number of halogens is 1. The number of nitrogens with one attached hydrogen (secondary N) is 1. The van der Waals surface area contributed by atoms with Crippen LogP contribution in [0.4, 0.5) is 5.69 Å². The van der Waals surface area contributed by atoms with E-state index in [4.69, 9.17) is 21.0 Å². The minimum Gasteiger partial charge on any atom is -0.423 e. The summed E-state index contributed by atoms with van der Waals surface area (Å²) in [6, 6.07) is 12.6. The lowest BCUT2D eigenvalue weighted by molar-refractivity contribution is -0.113. The maximum atomic E-state index is 12.8. The second kappa shape index (κ2) is 8.60. The molecule has 5 nitrogen and oxygen atoms in total. The fourth-order valence-electron chi connectivity index (χ4n) is 4.26. The summed E-state index contributed by atoms with van der Waals surface area (Å²) in [4.78, 5) is 30.4. The predicted molar refractivity (Wildman–Crippen MR) is 130 cm³/mol. The number of benzene rings is 2. The van der Waals surface area contributed by atoms with Crippen molar-refractivity contribution in [2.45, 2.75) is 37.5 Å². The van der Waals surface area contributed by atoms with E-state index in [0.717, 1.165) is 58.1 Å². The van der Waals surface area contributed by atoms with Crippen molar-refractivity contribution in [3.05, 3.63) is 74.7 Å². The molecular weight excluding hydrogens is 444 g/mol. The van der Waals surface area contributed by atoms with E-state index in [0.29, 0.717) is 16.3 Å². The summed E-state index contributed by atoms with van der Waals surface area (Å²) in [6.07, 6.45) is 4.20. The topological polar surface area (TPSA) is 72.2 Å². The standard InChI is InChI=1S/C25H21ClN2O3S/c1-14-10-24(30)31-22-12-16(7-9-17(14)22)27-23(29)13-32-25-18-4-2-3-5-20(18)28-21-11-15(26)6-8-19(21)25/h6-12H,2-5,13H2,1H3,(H,27,29). The Bertz CT molecular complexity index is 1430. The highest BCUT2D eigenvalue weighted by Crippen LogP contribution is 2.37. The van der Waals surface area contributed by atoms with Gasteiger partial charge in [-0.05, 0) is 68.0 Å². The zero-order valence-corrected chi connectivity index (χ0v) is 19.1. The van der Waals surface area contributed by atoms with Crippen molar-refractivity contribution in [3.8, 4) is 0 Å². The maximum absolute atomic E-state index is 12.8. The smallest absolute Gasteiger partial charge is 0.336 e. The minimum absolute atomic E-state index is 0.118. The molecule has 32 heavy (non-hydrogen) atoms. The summed E-state index contributed by atoms with van der Waals surface area (Å²) in [7, 11) is 0. The molecule has 4 aromatic rings. The van der Waals surface area contributed by atoms with E-state index in [1.165, 1.54) is 23.4 Å². The van der Waals surface area contributed by atoms with Gasteiger partial charge in [0.25, 0.3) is 0 Å². The molecule has 1 aliphatic carbocycles. The van der Waals surface area contributed by atoms with E-state index in [1.807, 2.05) is 37.3 Å². The molecule has 7 heteroatoms. The quantitative estimate of drug-likeness (QED) is 0.300. The fourth-order valence-corrected chi connectivity index (χ4v) is 5.49. The van der Waals surface area contributed by atoms with Crippen LogP contribution in [0.3, 0.4) is 0 Å². The lowest BCUT2D eigenvalue weighted by atomic mass is 9.94. The number of carbonyl (C=O) groups excluding carboxylic acids is 1. The average molecular weight is 465 g/mol. The van der Waals surface area contributed by atoms with Crippen molar-refractivity contribution >= 4 is 56.8 Å². The number of hydrogen-bond donors (Lipinski definition) is 1. The van der Waals surface area contributed by atoms with Crippen molar-refractivity contribution in [1.82, 2.24) is 4.98 Å². The van der Waals surface area contributed by atoms with Gasteiger partial charge in [-0.1, -0.05) is 17.7 Å². The van der Waals surface area contributed by atoms with Gasteiger partial charge < -0.3 is 9.73 Å². The summed E-state index contributed by atoms with van der Waals surface area (Å²) >= 11 is 7.73. The van der Waals surface area contributed by atoms with E-state index in [-0.39, 0.29) is 11.7 Å². The number of fused-ring (bicyclic) bond motifs is 3. The SMILES string of the molecule is Cc1cc(=O)oc2cc(NC(=O)CSc3c4c(nc5cc(Cl)ccc35)CCCC4)ccc12. The third kappa shape index (κ3) is 4.12. The Hall–Kier alpha value is -2.83. The molecule has 0 radical (unpaired) electrons. The van der Waals surface area contributed by atoms with Crippen LogP contribution in [0.25, 0.3) is 21.9 Å². The van der Waals surface area contributed by atoms with Crippen LogP contribution in [0, 0.1) is 6.92 Å². The average Bonchev–Trinajstić information content (AvgIpc) is 2.76. The van der Waals surface area contributed by atoms with E-state index in [1.54, 1.807) is 6.07 Å². The summed E-state index contributed by atoms with van der Waals surface area (Å²) in [5, 5.41) is 5.47. The summed E-state index contributed by atoms with van der Waals surface area (Å²) < 4.78 is 5.28. The van der Waals surface area contributed by atoms with E-state index < -0.39 is 5.63 Å². The molecule has 0 aliphatic heterocycles. The van der Waals surface area contributed by atoms with Crippen LogP contribution in [-0.4, -0.2) is 16.6 Å². The Labute approximate surface area is 194 Å². The summed E-state index contributed by atoms with van der Waals surface area (Å²) in [5.74, 6) is 0.150. The molecule has 2 aromatic heterocycles. The third-order valence-corrected chi connectivity index (χ3v) is 7.15. The highest BCUT2D eigenvalue weighted by Gasteiger charge is 2.19. The van der Waals surface area contributed by atoms with E-state index >= 15 is 0 Å². The number of rotatable bonds is 4. The highest BCUT2D eigenvalue weighted by molar-refractivity contribution is 8.00. The molecule has 2 heterocycles. The second-order valence-electron chi connectivity index (χ2n) is 8.03. The van der Waals surface area contributed by atoms with E-state index in [2.05, 4.69) is 5.32 Å². The number of carbonyl (C=O) groups is 1. The first-order valence-corrected chi connectivity index (χ1v) is 11.9. The number of nitrogens with zero attached hydrogens (tertiary/aromatic N) is 1. The number of anilines is 1. The van der Waals surface area contributed by atoms with Crippen molar-refractivity contribution in [2.75, 3.05) is 11.1 Å². The van der Waals surface area contributed by atoms with Gasteiger partial charge in [-0.2, -0.15) is 0 Å². The molecule has 0 bridgehead atoms. The van der Waals surface area contributed by atoms with Crippen molar-refractivity contribution in [3.63, 3.8) is 0 Å². The number of amides is 1. The van der Waals surface area contributed by atoms with Crippen LogP contribution in [0.15, 0.2) is 56.6 Å². The van der Waals surface area contributed by atoms with Gasteiger partial charge in [0.15, 0.2) is 0 Å². The molecular formula is C25H21ClN2O3S. The molecule has 1 N–H and O–H groups in total. The third-order valence-electron chi connectivity index (χ3n) is 5.76. The fraction of sp³-hybridized carbons (Fsp3) is 0.240. The van der Waals surface area contributed by atoms with Crippen LogP contribution >= 0.6 is 23.4 Å². The Morgan fingerprint density at radius 1 is 1.12 bits per heavy atom. The van der Waals surface area contributed by atoms with Gasteiger partial charge in [0.2, 0.25) is 5.91 Å². The first kappa shape index (κ1) is 21.0. The normalized spacial score (nSPS) is 13.3. The molecule has 1 aliphatic rings. The number of pyridine rings is 1. The number of aryl methyl sites for hydroxylation is 2. The van der Waals surface area contributed by atoms with Gasteiger partial charge in [-0.15, -0.1) is 11.8 Å². The lowest BCUT2D eigenvalue weighted by Gasteiger charge is -2.20. The molecule has 0 spiro atoms. The first-order chi connectivity index (χ1) is 15.5. The Morgan fingerprint density at radius 3 is 2.81 bits per heavy atom. The Balaban J connectivity index is 1.39. The minimum atomic E-state index is -0.400. The molecule has 0 fully saturated rings. The summed E-state index contributed by atoms with van der Waals surface area (Å²) in [6.45, 7) is 1.86. The monoisotopic (exact) mass is 464 g/mol. The molecule has 0 atom stereocenters. The highest BCUT2D eigenvalue weighted by atomic mass is 35.5. The Morgan fingerprint density at radius 2 is 1.94 bits per heavy atom. The maximum Gasteiger partial charge on any atom is 0.336 e. The van der Waals surface area contributed by atoms with Crippen LogP contribution < -0.4 is 10.9 Å². The number of aromatic nitrogens is 1. The van der Waals surface area contributed by atoms with Gasteiger partial charge in [-0.3, -0.25) is 9.78 Å². The van der Waals surface area contributed by atoms with Gasteiger partial charge >= 0.3 is 5.63 Å². The number of thioether (sulfide) groups is 1.